The molecular weight excluding hydrogens is 326 g/mol. The van der Waals surface area contributed by atoms with Gasteiger partial charge in [0.25, 0.3) is 0 Å². The van der Waals surface area contributed by atoms with E-state index in [1.165, 1.54) is 7.11 Å². The van der Waals surface area contributed by atoms with Gasteiger partial charge in [-0.05, 0) is 43.2 Å². The van der Waals surface area contributed by atoms with Crippen LogP contribution >= 0.6 is 0 Å². The molecule has 1 saturated carbocycles. The number of methoxy groups -OCH3 is 1. The van der Waals surface area contributed by atoms with Crippen LogP contribution in [0, 0.1) is 42.7 Å². The number of hydrogen-bond donors (Lipinski definition) is 0. The molecule has 5 heteroatoms. The summed E-state index contributed by atoms with van der Waals surface area (Å²) in [5, 5.41) is 0. The molecular formula is C20H26F2O3. The molecule has 1 aromatic rings. The number of allylic oxidation sites excluding steroid dienone is 2. The Bertz CT molecular complexity index is 678. The van der Waals surface area contributed by atoms with Gasteiger partial charge in [-0.25, -0.2) is 8.78 Å². The number of rotatable bonds is 6. The Morgan fingerprint density at radius 3 is 2.16 bits per heavy atom. The Balaban J connectivity index is 2.18. The van der Waals surface area contributed by atoms with Gasteiger partial charge in [0.1, 0.15) is 18.2 Å². The van der Waals surface area contributed by atoms with Crippen molar-refractivity contribution in [3.63, 3.8) is 0 Å². The first-order chi connectivity index (χ1) is 11.7. The van der Waals surface area contributed by atoms with Crippen molar-refractivity contribution in [1.29, 1.82) is 0 Å². The Hall–Kier alpha value is -1.75. The third-order valence-corrected chi connectivity index (χ3v) is 5.31. The van der Waals surface area contributed by atoms with E-state index in [-0.39, 0.29) is 42.0 Å². The van der Waals surface area contributed by atoms with Crippen molar-refractivity contribution < 1.29 is 23.0 Å². The highest BCUT2D eigenvalue weighted by molar-refractivity contribution is 5.78. The van der Waals surface area contributed by atoms with Gasteiger partial charge in [-0.2, -0.15) is 0 Å². The second kappa shape index (κ2) is 7.24. The van der Waals surface area contributed by atoms with E-state index in [9.17, 15) is 13.6 Å². The van der Waals surface area contributed by atoms with Crippen LogP contribution in [-0.4, -0.2) is 13.1 Å². The average Bonchev–Trinajstić information content (AvgIpc) is 3.10. The fraction of sp³-hybridized carbons (Fsp3) is 0.550. The van der Waals surface area contributed by atoms with Gasteiger partial charge in [-0.15, -0.1) is 0 Å². The van der Waals surface area contributed by atoms with Crippen LogP contribution in [0.4, 0.5) is 8.78 Å². The van der Waals surface area contributed by atoms with Crippen LogP contribution < -0.4 is 0 Å². The summed E-state index contributed by atoms with van der Waals surface area (Å²) in [7, 11) is 1.39. The molecule has 138 valence electrons. The number of esters is 1. The first-order valence-electron chi connectivity index (χ1n) is 8.42. The quantitative estimate of drug-likeness (QED) is 0.554. The fourth-order valence-corrected chi connectivity index (χ4v) is 3.51. The second-order valence-corrected chi connectivity index (χ2v) is 7.23. The Morgan fingerprint density at radius 1 is 1.12 bits per heavy atom. The molecule has 2 atom stereocenters. The van der Waals surface area contributed by atoms with E-state index in [4.69, 9.17) is 9.47 Å². The van der Waals surface area contributed by atoms with Crippen molar-refractivity contribution in [2.24, 2.45) is 17.3 Å². The third-order valence-electron chi connectivity index (χ3n) is 5.31. The van der Waals surface area contributed by atoms with Crippen molar-refractivity contribution >= 4 is 5.97 Å². The molecule has 0 amide bonds. The van der Waals surface area contributed by atoms with Crippen LogP contribution in [0.5, 0.6) is 0 Å². The van der Waals surface area contributed by atoms with Gasteiger partial charge in [0, 0.05) is 18.2 Å². The molecule has 0 spiro atoms. The standard InChI is InChI=1S/C20H26F2O3/c1-7-8-15-16(20(15,4)5)19(23)25-10-13-11(2)17(21)14(9-24-6)18(22)12(13)3/h7-8,15-16H,9-10H2,1-6H3/b8-7-/t15-,16+/m1/s1. The molecule has 25 heavy (non-hydrogen) atoms. The predicted octanol–water partition coefficient (Wildman–Crippen LogP) is 4.62. The summed E-state index contributed by atoms with van der Waals surface area (Å²) in [5.74, 6) is -1.69. The van der Waals surface area contributed by atoms with Gasteiger partial charge in [0.05, 0.1) is 12.5 Å². The van der Waals surface area contributed by atoms with Crippen molar-refractivity contribution in [2.45, 2.75) is 47.8 Å². The number of halogens is 2. The van der Waals surface area contributed by atoms with Gasteiger partial charge in [-0.3, -0.25) is 4.79 Å². The number of hydrogen-bond acceptors (Lipinski definition) is 3. The summed E-state index contributed by atoms with van der Waals surface area (Å²) in [4.78, 5) is 12.4. The van der Waals surface area contributed by atoms with E-state index in [0.717, 1.165) is 0 Å². The van der Waals surface area contributed by atoms with E-state index in [1.54, 1.807) is 13.8 Å². The lowest BCUT2D eigenvalue weighted by molar-refractivity contribution is -0.147. The van der Waals surface area contributed by atoms with Crippen molar-refractivity contribution in [1.82, 2.24) is 0 Å². The lowest BCUT2D eigenvalue weighted by Gasteiger charge is -2.16. The van der Waals surface area contributed by atoms with Crippen molar-refractivity contribution in [2.75, 3.05) is 7.11 Å². The zero-order valence-electron chi connectivity index (χ0n) is 15.7. The smallest absolute Gasteiger partial charge is 0.310 e. The molecule has 0 N–H and O–H groups in total. The maximum Gasteiger partial charge on any atom is 0.310 e. The number of benzene rings is 1. The average molecular weight is 352 g/mol. The van der Waals surface area contributed by atoms with Gasteiger partial charge < -0.3 is 9.47 Å². The molecule has 1 aromatic carbocycles. The fourth-order valence-electron chi connectivity index (χ4n) is 3.51. The zero-order valence-corrected chi connectivity index (χ0v) is 15.7. The van der Waals surface area contributed by atoms with E-state index in [1.807, 2.05) is 32.9 Å². The first kappa shape index (κ1) is 19.6. The van der Waals surface area contributed by atoms with E-state index >= 15 is 0 Å². The maximum absolute atomic E-state index is 14.4. The van der Waals surface area contributed by atoms with E-state index in [0.29, 0.717) is 16.7 Å². The molecule has 1 aliphatic rings. The summed E-state index contributed by atoms with van der Waals surface area (Å²) < 4.78 is 39.1. The topological polar surface area (TPSA) is 35.5 Å². The van der Waals surface area contributed by atoms with Gasteiger partial charge in [0.15, 0.2) is 0 Å². The normalized spacial score (nSPS) is 21.6. The summed E-state index contributed by atoms with van der Waals surface area (Å²) in [6, 6.07) is 0. The maximum atomic E-state index is 14.4. The molecule has 0 unspecified atom stereocenters. The summed E-state index contributed by atoms with van der Waals surface area (Å²) >= 11 is 0. The predicted molar refractivity (Wildman–Crippen MR) is 91.9 cm³/mol. The largest absolute Gasteiger partial charge is 0.461 e. The van der Waals surface area contributed by atoms with Crippen molar-refractivity contribution in [3.05, 3.63) is 46.0 Å². The lowest BCUT2D eigenvalue weighted by Crippen LogP contribution is -2.14. The SMILES string of the molecule is C/C=C\[C@@H]1[C@@H](C(=O)OCc2c(C)c(F)c(COC)c(F)c2C)C1(C)C. The van der Waals surface area contributed by atoms with Crippen LogP contribution in [0.2, 0.25) is 0 Å². The Morgan fingerprint density at radius 2 is 1.68 bits per heavy atom. The summed E-state index contributed by atoms with van der Waals surface area (Å²) in [6.07, 6.45) is 3.93. The van der Waals surface area contributed by atoms with Crippen LogP contribution in [0.15, 0.2) is 12.2 Å². The van der Waals surface area contributed by atoms with Crippen LogP contribution in [-0.2, 0) is 27.5 Å². The highest BCUT2D eigenvalue weighted by Crippen LogP contribution is 2.59. The molecule has 3 nitrogen and oxygen atoms in total. The number of carbonyl (C=O) groups is 1. The highest BCUT2D eigenvalue weighted by atomic mass is 19.1. The highest BCUT2D eigenvalue weighted by Gasteiger charge is 2.61. The van der Waals surface area contributed by atoms with Gasteiger partial charge >= 0.3 is 5.97 Å². The van der Waals surface area contributed by atoms with Gasteiger partial charge in [0.2, 0.25) is 0 Å². The molecule has 1 aliphatic carbocycles. The zero-order chi connectivity index (χ0) is 18.9. The molecule has 2 rings (SSSR count). The van der Waals surface area contributed by atoms with Crippen LogP contribution in [0.1, 0.15) is 43.0 Å². The summed E-state index contributed by atoms with van der Waals surface area (Å²) in [6.45, 7) is 8.80. The molecule has 0 radical (unpaired) electrons. The molecule has 0 aromatic heterocycles. The summed E-state index contributed by atoms with van der Waals surface area (Å²) in [5.41, 5.74) is 0.720. The molecule has 1 fully saturated rings. The monoisotopic (exact) mass is 352 g/mol. The molecule has 0 saturated heterocycles. The second-order valence-electron chi connectivity index (χ2n) is 7.23. The number of ether oxygens (including phenoxy) is 2. The Labute approximate surface area is 148 Å². The lowest BCUT2D eigenvalue weighted by atomic mass is 9.98. The van der Waals surface area contributed by atoms with E-state index < -0.39 is 11.6 Å². The van der Waals surface area contributed by atoms with Gasteiger partial charge in [-0.1, -0.05) is 26.0 Å². The number of carbonyl (C=O) groups excluding carboxylic acids is 1. The van der Waals surface area contributed by atoms with Crippen LogP contribution in [0.3, 0.4) is 0 Å². The minimum atomic E-state index is -0.644. The molecule has 0 bridgehead atoms. The molecule has 0 aliphatic heterocycles. The van der Waals surface area contributed by atoms with Crippen LogP contribution in [0.25, 0.3) is 0 Å². The minimum Gasteiger partial charge on any atom is -0.461 e. The Kier molecular flexibility index (Phi) is 5.67. The third kappa shape index (κ3) is 3.47. The van der Waals surface area contributed by atoms with E-state index in [2.05, 4.69) is 0 Å². The van der Waals surface area contributed by atoms with Crippen molar-refractivity contribution in [3.8, 4) is 0 Å². The first-order valence-corrected chi connectivity index (χ1v) is 8.42. The minimum absolute atomic E-state index is 0.0935. The molecule has 0 heterocycles.